The van der Waals surface area contributed by atoms with Gasteiger partial charge >= 0.3 is 6.03 Å². The molecule has 9 nitrogen and oxygen atoms in total. The summed E-state index contributed by atoms with van der Waals surface area (Å²) in [5.41, 5.74) is 10.5. The Morgan fingerprint density at radius 1 is 1.09 bits per heavy atom. The second kappa shape index (κ2) is 10.9. The number of nitrogen functional groups attached to an aromatic ring is 2. The highest BCUT2D eigenvalue weighted by atomic mass is 19.1. The molecule has 0 radical (unpaired) electrons. The minimum atomic E-state index is -0.817. The molecule has 0 bridgehead atoms. The quantitative estimate of drug-likeness (QED) is 0.514. The molecule has 2 aromatic heterocycles. The number of alkyl halides is 1. The van der Waals surface area contributed by atoms with Crippen molar-refractivity contribution < 1.29 is 18.0 Å². The fourth-order valence-electron chi connectivity index (χ4n) is 3.69. The molecule has 4 rings (SSSR count). The first kappa shape index (κ1) is 24.2. The lowest BCUT2D eigenvalue weighted by Gasteiger charge is -2.25. The summed E-state index contributed by atoms with van der Waals surface area (Å²) in [5, 5.41) is 10.8. The standard InChI is InChI=1S/C11H19FN2O.C10H8F2N6/c12-9-6-7-14(8-9)11(15)13-10-4-2-1-3-5-10;11-4-1-5(8(14)16-2-4)7(13)10-17-3-6(12)9(15)18-10/h9-10H,1-8H2,(H,13,15);1-3,13H,(H2,14,16)(H2,15,17,18)/t9-;/m1./s1. The SMILES string of the molecule is N=C(c1ncc(F)c(N)n1)c1cc(F)cnc1N.O=C(NC1CCCCC1)N1CC[C@@H](F)C1. The molecule has 2 aliphatic rings. The van der Waals surface area contributed by atoms with Gasteiger partial charge in [0.2, 0.25) is 0 Å². The van der Waals surface area contributed by atoms with E-state index in [2.05, 4.69) is 20.3 Å². The number of halogens is 3. The number of hydrogen-bond donors (Lipinski definition) is 4. The molecule has 0 aromatic carbocycles. The van der Waals surface area contributed by atoms with Gasteiger partial charge in [-0.05, 0) is 25.3 Å². The van der Waals surface area contributed by atoms with E-state index in [1.165, 1.54) is 19.3 Å². The summed E-state index contributed by atoms with van der Waals surface area (Å²) in [6, 6.07) is 1.28. The number of urea groups is 1. The maximum atomic E-state index is 13.0. The van der Waals surface area contributed by atoms with Crippen LogP contribution in [0.5, 0.6) is 0 Å². The van der Waals surface area contributed by atoms with Crippen LogP contribution >= 0.6 is 0 Å². The van der Waals surface area contributed by atoms with Crippen molar-refractivity contribution in [3.8, 4) is 0 Å². The number of hydrogen-bond acceptors (Lipinski definition) is 7. The number of likely N-dealkylation sites (tertiary alicyclic amines) is 1. The van der Waals surface area contributed by atoms with Gasteiger partial charge < -0.3 is 21.7 Å². The molecule has 2 amide bonds. The van der Waals surface area contributed by atoms with E-state index >= 15 is 0 Å². The lowest BCUT2D eigenvalue weighted by Crippen LogP contribution is -2.44. The smallest absolute Gasteiger partial charge is 0.317 e. The molecule has 1 aliphatic carbocycles. The first-order valence-corrected chi connectivity index (χ1v) is 10.7. The van der Waals surface area contributed by atoms with Crippen molar-refractivity contribution >= 4 is 23.4 Å². The van der Waals surface area contributed by atoms with E-state index in [1.54, 1.807) is 4.90 Å². The van der Waals surface area contributed by atoms with Gasteiger partial charge in [0, 0.05) is 18.2 Å². The molecule has 0 spiro atoms. The van der Waals surface area contributed by atoms with Crippen LogP contribution in [0, 0.1) is 17.0 Å². The van der Waals surface area contributed by atoms with Gasteiger partial charge in [0.05, 0.1) is 18.9 Å². The molecule has 1 atom stereocenters. The Kier molecular flexibility index (Phi) is 8.01. The van der Waals surface area contributed by atoms with Crippen molar-refractivity contribution in [3.63, 3.8) is 0 Å². The van der Waals surface area contributed by atoms with Gasteiger partial charge in [0.15, 0.2) is 17.5 Å². The van der Waals surface area contributed by atoms with Crippen LogP contribution in [0.15, 0.2) is 18.5 Å². The Hall–Kier alpha value is -3.44. The summed E-state index contributed by atoms with van der Waals surface area (Å²) in [5.74, 6) is -2.05. The zero-order valence-electron chi connectivity index (χ0n) is 18.0. The number of nitrogens with one attached hydrogen (secondary N) is 2. The molecule has 1 saturated carbocycles. The molecule has 12 heteroatoms. The fraction of sp³-hybridized carbons (Fsp3) is 0.476. The fourth-order valence-corrected chi connectivity index (χ4v) is 3.69. The number of carbonyl (C=O) groups excluding carboxylic acids is 1. The molecule has 33 heavy (non-hydrogen) atoms. The number of carbonyl (C=O) groups is 1. The van der Waals surface area contributed by atoms with Crippen molar-refractivity contribution in [2.75, 3.05) is 24.6 Å². The van der Waals surface area contributed by atoms with E-state index in [4.69, 9.17) is 16.9 Å². The van der Waals surface area contributed by atoms with E-state index in [1.807, 2.05) is 0 Å². The molecular weight excluding hydrogens is 437 g/mol. The van der Waals surface area contributed by atoms with E-state index in [9.17, 15) is 18.0 Å². The van der Waals surface area contributed by atoms with Gasteiger partial charge in [-0.15, -0.1) is 0 Å². The molecule has 178 valence electrons. The van der Waals surface area contributed by atoms with Crippen molar-refractivity contribution in [3.05, 3.63) is 41.5 Å². The third-order valence-electron chi connectivity index (χ3n) is 5.50. The largest absolute Gasteiger partial charge is 0.383 e. The number of pyridine rings is 1. The van der Waals surface area contributed by atoms with Crippen molar-refractivity contribution in [1.82, 2.24) is 25.2 Å². The number of anilines is 2. The van der Waals surface area contributed by atoms with Gasteiger partial charge in [0.1, 0.15) is 23.5 Å². The first-order valence-electron chi connectivity index (χ1n) is 10.7. The molecule has 1 aliphatic heterocycles. The van der Waals surface area contributed by atoms with Crippen molar-refractivity contribution in [1.29, 1.82) is 5.41 Å². The highest BCUT2D eigenvalue weighted by Gasteiger charge is 2.27. The van der Waals surface area contributed by atoms with Gasteiger partial charge in [0.25, 0.3) is 0 Å². The van der Waals surface area contributed by atoms with Gasteiger partial charge in [-0.3, -0.25) is 5.41 Å². The molecule has 3 heterocycles. The van der Waals surface area contributed by atoms with E-state index < -0.39 is 23.6 Å². The number of aromatic nitrogens is 3. The van der Waals surface area contributed by atoms with Crippen LogP contribution < -0.4 is 16.8 Å². The average Bonchev–Trinajstić information content (AvgIpc) is 3.24. The highest BCUT2D eigenvalue weighted by Crippen LogP contribution is 2.19. The Morgan fingerprint density at radius 3 is 2.45 bits per heavy atom. The second-order valence-corrected chi connectivity index (χ2v) is 8.00. The molecule has 6 N–H and O–H groups in total. The van der Waals surface area contributed by atoms with E-state index in [0.29, 0.717) is 19.0 Å². The lowest BCUT2D eigenvalue weighted by atomic mass is 9.96. The van der Waals surface area contributed by atoms with E-state index in [0.717, 1.165) is 31.3 Å². The van der Waals surface area contributed by atoms with Crippen molar-refractivity contribution in [2.24, 2.45) is 0 Å². The number of nitrogens with two attached hydrogens (primary N) is 2. The molecule has 2 aromatic rings. The molecule has 2 fully saturated rings. The Balaban J connectivity index is 0.000000189. The van der Waals surface area contributed by atoms with Crippen LogP contribution in [0.25, 0.3) is 0 Å². The minimum absolute atomic E-state index is 0.0148. The Bertz CT molecular complexity index is 999. The summed E-state index contributed by atoms with van der Waals surface area (Å²) in [6.45, 7) is 0.846. The molecule has 0 unspecified atom stereocenters. The first-order chi connectivity index (χ1) is 15.7. The normalized spacial score (nSPS) is 18.4. The molecular formula is C21H27F3N8O. The van der Waals surface area contributed by atoms with Crippen molar-refractivity contribution in [2.45, 2.75) is 50.7 Å². The predicted octanol–water partition coefficient (Wildman–Crippen LogP) is 2.80. The van der Waals surface area contributed by atoms with Gasteiger partial charge in [-0.25, -0.2) is 32.9 Å². The maximum Gasteiger partial charge on any atom is 0.317 e. The number of nitrogens with zero attached hydrogens (tertiary/aromatic N) is 4. The van der Waals surface area contributed by atoms with Crippen LogP contribution in [-0.4, -0.2) is 56.9 Å². The summed E-state index contributed by atoms with van der Waals surface area (Å²) in [6.07, 6.45) is 7.29. The van der Waals surface area contributed by atoms with Crippen LogP contribution in [-0.2, 0) is 0 Å². The highest BCUT2D eigenvalue weighted by molar-refractivity contribution is 6.11. The monoisotopic (exact) mass is 464 g/mol. The topological polar surface area (TPSA) is 147 Å². The third-order valence-corrected chi connectivity index (χ3v) is 5.50. The van der Waals surface area contributed by atoms with Gasteiger partial charge in [-0.1, -0.05) is 19.3 Å². The summed E-state index contributed by atoms with van der Waals surface area (Å²) in [4.78, 5) is 24.0. The zero-order chi connectivity index (χ0) is 24.0. The van der Waals surface area contributed by atoms with Crippen LogP contribution in [0.3, 0.4) is 0 Å². The maximum absolute atomic E-state index is 13.0. The van der Waals surface area contributed by atoms with Crippen LogP contribution in [0.2, 0.25) is 0 Å². The Morgan fingerprint density at radius 2 is 1.82 bits per heavy atom. The zero-order valence-corrected chi connectivity index (χ0v) is 18.0. The Labute approximate surface area is 189 Å². The number of amides is 2. The summed E-state index contributed by atoms with van der Waals surface area (Å²) < 4.78 is 38.8. The lowest BCUT2D eigenvalue weighted by molar-refractivity contribution is 0.196. The van der Waals surface area contributed by atoms with Crippen LogP contribution in [0.4, 0.5) is 29.6 Å². The van der Waals surface area contributed by atoms with Crippen LogP contribution in [0.1, 0.15) is 49.9 Å². The average molecular weight is 464 g/mol. The molecule has 1 saturated heterocycles. The second-order valence-electron chi connectivity index (χ2n) is 8.00. The third kappa shape index (κ3) is 6.53. The minimum Gasteiger partial charge on any atom is -0.383 e. The van der Waals surface area contributed by atoms with Gasteiger partial charge in [-0.2, -0.15) is 0 Å². The predicted molar refractivity (Wildman–Crippen MR) is 117 cm³/mol. The summed E-state index contributed by atoms with van der Waals surface area (Å²) >= 11 is 0. The number of rotatable bonds is 3. The summed E-state index contributed by atoms with van der Waals surface area (Å²) in [7, 11) is 0. The van der Waals surface area contributed by atoms with E-state index in [-0.39, 0.29) is 35.5 Å².